The predicted octanol–water partition coefficient (Wildman–Crippen LogP) is 4.32. The Balaban J connectivity index is 1.70. The number of nitriles is 1. The van der Waals surface area contributed by atoms with Crippen LogP contribution in [0.15, 0.2) is 52.3 Å². The Morgan fingerprint density at radius 3 is 2.50 bits per heavy atom. The van der Waals surface area contributed by atoms with Gasteiger partial charge in [-0.25, -0.2) is 22.9 Å². The summed E-state index contributed by atoms with van der Waals surface area (Å²) >= 11 is 6.56. The summed E-state index contributed by atoms with van der Waals surface area (Å²) in [5.74, 6) is -4.05. The van der Waals surface area contributed by atoms with E-state index in [2.05, 4.69) is 16.2 Å². The molecule has 5 aromatic rings. The van der Waals surface area contributed by atoms with Crippen LogP contribution in [0.2, 0.25) is 5.02 Å². The van der Waals surface area contributed by atoms with Crippen LogP contribution in [0.3, 0.4) is 0 Å². The number of aromatic nitrogens is 5. The van der Waals surface area contributed by atoms with E-state index < -0.39 is 35.2 Å². The summed E-state index contributed by atoms with van der Waals surface area (Å²) in [5.41, 5.74) is 0.587. The van der Waals surface area contributed by atoms with Gasteiger partial charge in [0.1, 0.15) is 17.5 Å². The first-order valence-electron chi connectivity index (χ1n) is 12.8. The van der Waals surface area contributed by atoms with Crippen LogP contribution < -0.4 is 16.0 Å². The third-order valence-corrected chi connectivity index (χ3v) is 7.44. The van der Waals surface area contributed by atoms with Crippen LogP contribution in [0.1, 0.15) is 28.9 Å². The van der Waals surface area contributed by atoms with Crippen molar-refractivity contribution in [1.29, 1.82) is 5.26 Å². The second kappa shape index (κ2) is 10.5. The summed E-state index contributed by atoms with van der Waals surface area (Å²) in [7, 11) is 1.63. The topological polar surface area (TPSA) is 108 Å². The lowest BCUT2D eigenvalue weighted by Crippen LogP contribution is -2.41. The maximum atomic E-state index is 14.2. The molecular weight excluding hydrogens is 573 g/mol. The van der Waals surface area contributed by atoms with Crippen LogP contribution in [-0.2, 0) is 26.6 Å². The minimum Gasteiger partial charge on any atom is -0.492 e. The fourth-order valence-corrected chi connectivity index (χ4v) is 5.44. The maximum absolute atomic E-state index is 14.2. The molecule has 3 aromatic carbocycles. The second-order valence-corrected chi connectivity index (χ2v) is 10.3. The molecule has 0 spiro atoms. The molecule has 0 fully saturated rings. The monoisotopic (exact) mass is 592 g/mol. The average Bonchev–Trinajstić information content (AvgIpc) is 3.40. The lowest BCUT2D eigenvalue weighted by atomic mass is 9.91. The van der Waals surface area contributed by atoms with Gasteiger partial charge < -0.3 is 4.74 Å². The van der Waals surface area contributed by atoms with Crippen LogP contribution in [0.4, 0.5) is 13.2 Å². The number of rotatable bonds is 5. The Kier molecular flexibility index (Phi) is 6.82. The van der Waals surface area contributed by atoms with Gasteiger partial charge in [-0.05, 0) is 60.4 Å². The highest BCUT2D eigenvalue weighted by Crippen LogP contribution is 2.41. The van der Waals surface area contributed by atoms with Crippen molar-refractivity contribution < 1.29 is 17.9 Å². The van der Waals surface area contributed by atoms with E-state index in [0.29, 0.717) is 46.7 Å². The molecule has 13 heteroatoms. The zero-order valence-electron chi connectivity index (χ0n) is 22.0. The van der Waals surface area contributed by atoms with Gasteiger partial charge in [-0.3, -0.25) is 18.6 Å². The van der Waals surface area contributed by atoms with Crippen molar-refractivity contribution in [2.45, 2.75) is 25.9 Å². The summed E-state index contributed by atoms with van der Waals surface area (Å²) in [6.45, 7) is -0.400. The van der Waals surface area contributed by atoms with Crippen molar-refractivity contribution in [2.24, 2.45) is 7.05 Å². The molecule has 0 saturated carbocycles. The Morgan fingerprint density at radius 1 is 1.05 bits per heavy atom. The summed E-state index contributed by atoms with van der Waals surface area (Å²) < 4.78 is 51.6. The number of hydrogen-bond acceptors (Lipinski definition) is 6. The summed E-state index contributed by atoms with van der Waals surface area (Å²) in [6.07, 6.45) is 2.57. The number of fused-ring (bicyclic) bond motifs is 3. The van der Waals surface area contributed by atoms with Gasteiger partial charge in [0.05, 0.1) is 36.8 Å². The van der Waals surface area contributed by atoms with Crippen LogP contribution >= 0.6 is 11.6 Å². The number of benzene rings is 3. The largest absolute Gasteiger partial charge is 0.492 e. The lowest BCUT2D eigenvalue weighted by molar-refractivity contribution is 0.292. The van der Waals surface area contributed by atoms with E-state index in [1.165, 1.54) is 11.0 Å². The third-order valence-electron chi connectivity index (χ3n) is 7.11. The summed E-state index contributed by atoms with van der Waals surface area (Å²) in [4.78, 5) is 32.0. The molecule has 212 valence electrons. The molecule has 42 heavy (non-hydrogen) atoms. The van der Waals surface area contributed by atoms with Crippen LogP contribution in [0, 0.1) is 28.8 Å². The van der Waals surface area contributed by atoms with Gasteiger partial charge in [-0.2, -0.15) is 10.4 Å². The molecule has 0 aliphatic carbocycles. The Labute approximate surface area is 240 Å². The Hall–Kier alpha value is -4.89. The fraction of sp³-hybridized carbons (Fsp3) is 0.207. The van der Waals surface area contributed by atoms with E-state index in [4.69, 9.17) is 16.3 Å². The van der Waals surface area contributed by atoms with Crippen molar-refractivity contribution in [3.05, 3.63) is 109 Å². The number of aryl methyl sites for hydroxylation is 1. The molecule has 2 aromatic heterocycles. The van der Waals surface area contributed by atoms with Crippen molar-refractivity contribution in [2.75, 3.05) is 6.61 Å². The van der Waals surface area contributed by atoms with Crippen LogP contribution in [-0.4, -0.2) is 30.5 Å². The molecule has 6 rings (SSSR count). The number of hydrogen-bond donors (Lipinski definition) is 0. The lowest BCUT2D eigenvalue weighted by Gasteiger charge is -2.25. The zero-order valence-corrected chi connectivity index (χ0v) is 22.8. The predicted molar refractivity (Wildman–Crippen MR) is 147 cm³/mol. The molecule has 0 amide bonds. The molecule has 0 unspecified atom stereocenters. The highest BCUT2D eigenvalue weighted by atomic mass is 35.5. The SMILES string of the molecule is Cn1cnc(Cn2c(=O)c3c4c(c(-c5cc(C#N)ccc5Cl)cc3n(Cc3cc(F)c(F)c(F)c3)c2=O)CCCO4)n1. The standard InChI is InChI=1S/C29H20ClF3N6O3/c1-37-14-35-24(36-37)13-39-28(40)25-23(38(29(39)41)12-16-8-21(31)26(33)22(32)9-16)10-18(17-3-2-6-42-27(17)25)19-7-15(11-34)4-5-20(19)30/h4-5,7-10,14H,2-3,6,12-13H2,1H3. The van der Waals surface area contributed by atoms with Crippen LogP contribution in [0.5, 0.6) is 5.75 Å². The molecule has 1 aliphatic rings. The maximum Gasteiger partial charge on any atom is 0.332 e. The van der Waals surface area contributed by atoms with Gasteiger partial charge in [0.2, 0.25) is 0 Å². The van der Waals surface area contributed by atoms with Crippen molar-refractivity contribution >= 4 is 22.5 Å². The fourth-order valence-electron chi connectivity index (χ4n) is 5.22. The molecule has 0 bridgehead atoms. The first kappa shape index (κ1) is 27.3. The molecular formula is C29H20ClF3N6O3. The smallest absolute Gasteiger partial charge is 0.332 e. The number of ether oxygens (including phenoxy) is 1. The van der Waals surface area contributed by atoms with Crippen molar-refractivity contribution in [3.8, 4) is 22.9 Å². The molecule has 3 heterocycles. The normalized spacial score (nSPS) is 12.7. The number of halogens is 4. The molecule has 0 N–H and O–H groups in total. The highest BCUT2D eigenvalue weighted by Gasteiger charge is 2.27. The van der Waals surface area contributed by atoms with Gasteiger partial charge in [-0.1, -0.05) is 11.6 Å². The van der Waals surface area contributed by atoms with Gasteiger partial charge in [0, 0.05) is 23.2 Å². The zero-order chi connectivity index (χ0) is 29.7. The van der Waals surface area contributed by atoms with Gasteiger partial charge in [0.25, 0.3) is 5.56 Å². The van der Waals surface area contributed by atoms with Gasteiger partial charge >= 0.3 is 5.69 Å². The Morgan fingerprint density at radius 2 is 1.81 bits per heavy atom. The van der Waals surface area contributed by atoms with E-state index >= 15 is 0 Å². The van der Waals surface area contributed by atoms with Crippen LogP contribution in [0.25, 0.3) is 22.0 Å². The van der Waals surface area contributed by atoms with E-state index in [0.717, 1.165) is 21.3 Å². The quantitative estimate of drug-likeness (QED) is 0.281. The number of nitrogens with zero attached hydrogens (tertiary/aromatic N) is 6. The van der Waals surface area contributed by atoms with Crippen molar-refractivity contribution in [1.82, 2.24) is 23.9 Å². The van der Waals surface area contributed by atoms with E-state index in [-0.39, 0.29) is 34.6 Å². The van der Waals surface area contributed by atoms with E-state index in [1.807, 2.05) is 0 Å². The van der Waals surface area contributed by atoms with E-state index in [1.54, 1.807) is 31.3 Å². The molecule has 0 saturated heterocycles. The minimum atomic E-state index is -1.64. The van der Waals surface area contributed by atoms with Gasteiger partial charge in [-0.15, -0.1) is 0 Å². The highest BCUT2D eigenvalue weighted by molar-refractivity contribution is 6.33. The summed E-state index contributed by atoms with van der Waals surface area (Å²) in [6, 6.07) is 9.98. The van der Waals surface area contributed by atoms with E-state index in [9.17, 15) is 28.0 Å². The molecule has 9 nitrogen and oxygen atoms in total. The molecule has 0 radical (unpaired) electrons. The first-order chi connectivity index (χ1) is 20.2. The Bertz CT molecular complexity index is 2060. The second-order valence-electron chi connectivity index (χ2n) is 9.85. The van der Waals surface area contributed by atoms with Crippen molar-refractivity contribution in [3.63, 3.8) is 0 Å². The minimum absolute atomic E-state index is 0.0549. The first-order valence-corrected chi connectivity index (χ1v) is 13.2. The van der Waals surface area contributed by atoms with Gasteiger partial charge in [0.15, 0.2) is 23.3 Å². The summed E-state index contributed by atoms with van der Waals surface area (Å²) in [5, 5.41) is 14.1. The third kappa shape index (κ3) is 4.61. The molecule has 0 atom stereocenters. The molecule has 1 aliphatic heterocycles. The average molecular weight is 593 g/mol.